The van der Waals surface area contributed by atoms with Crippen molar-refractivity contribution in [3.05, 3.63) is 126 Å². The number of benzene rings is 4. The summed E-state index contributed by atoms with van der Waals surface area (Å²) in [6.45, 7) is 0.296. The molecule has 0 saturated heterocycles. The van der Waals surface area contributed by atoms with Crippen molar-refractivity contribution < 1.29 is 9.15 Å². The van der Waals surface area contributed by atoms with Crippen LogP contribution in [0.5, 0.6) is 5.75 Å². The highest BCUT2D eigenvalue weighted by atomic mass is 79.9. The molecule has 0 bridgehead atoms. The van der Waals surface area contributed by atoms with E-state index in [2.05, 4.69) is 21.0 Å². The van der Waals surface area contributed by atoms with Crippen molar-refractivity contribution in [2.24, 2.45) is 5.10 Å². The molecule has 198 valence electrons. The molecule has 0 N–H and O–H groups in total. The molecule has 0 aliphatic rings. The smallest absolute Gasteiger partial charge is 0.282 e. The molecule has 0 radical (unpaired) electrons. The second-order valence-corrected chi connectivity index (χ2v) is 11.0. The van der Waals surface area contributed by atoms with Gasteiger partial charge < -0.3 is 9.15 Å². The lowest BCUT2D eigenvalue weighted by atomic mass is 10.2. The summed E-state index contributed by atoms with van der Waals surface area (Å²) >= 11 is 22.6. The normalized spacial score (nSPS) is 11.6. The molecule has 0 saturated carbocycles. The molecule has 0 spiro atoms. The van der Waals surface area contributed by atoms with Crippen molar-refractivity contribution in [3.8, 4) is 17.3 Å². The minimum absolute atomic E-state index is 0.235. The van der Waals surface area contributed by atoms with Crippen LogP contribution in [-0.4, -0.2) is 15.9 Å². The van der Waals surface area contributed by atoms with Crippen LogP contribution in [0.3, 0.4) is 0 Å². The second-order valence-electron chi connectivity index (χ2n) is 8.84. The molecule has 6 aromatic rings. The predicted octanol–water partition coefficient (Wildman–Crippen LogP) is 8.99. The molecular formula is C30H17BrCl3N3O3. The lowest BCUT2D eigenvalue weighted by Crippen LogP contribution is -2.20. The van der Waals surface area contributed by atoms with Crippen LogP contribution in [0.15, 0.2) is 104 Å². The zero-order chi connectivity index (χ0) is 27.8. The van der Waals surface area contributed by atoms with Crippen LogP contribution in [-0.2, 0) is 6.61 Å². The van der Waals surface area contributed by atoms with Gasteiger partial charge in [-0.2, -0.15) is 9.78 Å². The molecule has 0 fully saturated rings. The summed E-state index contributed by atoms with van der Waals surface area (Å²) in [6, 6.07) is 25.2. The van der Waals surface area contributed by atoms with Crippen molar-refractivity contribution in [3.63, 3.8) is 0 Å². The van der Waals surface area contributed by atoms with E-state index in [0.29, 0.717) is 55.2 Å². The van der Waals surface area contributed by atoms with Gasteiger partial charge in [-0.3, -0.25) is 4.79 Å². The summed E-state index contributed by atoms with van der Waals surface area (Å²) in [5, 5.41) is 6.85. The maximum absolute atomic E-state index is 13.5. The monoisotopic (exact) mass is 651 g/mol. The number of hydrogen-bond donors (Lipinski definition) is 0. The molecule has 2 heterocycles. The summed E-state index contributed by atoms with van der Waals surface area (Å²) in [5.74, 6) is 0.957. The van der Waals surface area contributed by atoms with E-state index in [4.69, 9.17) is 48.9 Å². The molecule has 0 atom stereocenters. The summed E-state index contributed by atoms with van der Waals surface area (Å²) < 4.78 is 14.1. The quantitative estimate of drug-likeness (QED) is 0.168. The Morgan fingerprint density at radius 2 is 1.70 bits per heavy atom. The first kappa shape index (κ1) is 26.6. The van der Waals surface area contributed by atoms with Gasteiger partial charge in [-0.25, -0.2) is 4.98 Å². The van der Waals surface area contributed by atoms with Crippen LogP contribution in [0.2, 0.25) is 15.1 Å². The molecule has 40 heavy (non-hydrogen) atoms. The molecule has 0 aliphatic carbocycles. The van der Waals surface area contributed by atoms with Gasteiger partial charge in [0.15, 0.2) is 11.5 Å². The summed E-state index contributed by atoms with van der Waals surface area (Å²) in [7, 11) is 0. The zero-order valence-corrected chi connectivity index (χ0v) is 24.3. The Morgan fingerprint density at radius 1 is 0.950 bits per heavy atom. The van der Waals surface area contributed by atoms with Gasteiger partial charge in [-0.05, 0) is 71.8 Å². The first-order valence-corrected chi connectivity index (χ1v) is 13.9. The van der Waals surface area contributed by atoms with Crippen molar-refractivity contribution in [1.82, 2.24) is 9.66 Å². The SMILES string of the molecule is O=c1c2ccccc2nc(-c2cc3cc(Cl)ccc3o2)n1N=Cc1cc(Cl)c(OCc2ccc(Br)cc2)c(Cl)c1. The van der Waals surface area contributed by atoms with Crippen molar-refractivity contribution in [2.75, 3.05) is 0 Å². The Kier molecular flexibility index (Phi) is 7.38. The Balaban J connectivity index is 1.37. The number of para-hydroxylation sites is 1. The first-order valence-electron chi connectivity index (χ1n) is 12.0. The Bertz CT molecular complexity index is 1960. The van der Waals surface area contributed by atoms with E-state index >= 15 is 0 Å². The highest BCUT2D eigenvalue weighted by Crippen LogP contribution is 2.35. The highest BCUT2D eigenvalue weighted by molar-refractivity contribution is 9.10. The average Bonchev–Trinajstić information content (AvgIpc) is 3.36. The van der Waals surface area contributed by atoms with Gasteiger partial charge in [0, 0.05) is 14.9 Å². The second kappa shape index (κ2) is 11.1. The van der Waals surface area contributed by atoms with Crippen LogP contribution < -0.4 is 10.3 Å². The van der Waals surface area contributed by atoms with Crippen molar-refractivity contribution in [1.29, 1.82) is 0 Å². The lowest BCUT2D eigenvalue weighted by Gasteiger charge is -2.11. The summed E-state index contributed by atoms with van der Waals surface area (Å²) in [5.41, 5.74) is 2.29. The highest BCUT2D eigenvalue weighted by Gasteiger charge is 2.17. The lowest BCUT2D eigenvalue weighted by molar-refractivity contribution is 0.306. The number of aromatic nitrogens is 2. The molecule has 0 unspecified atom stereocenters. The summed E-state index contributed by atoms with van der Waals surface area (Å²) in [4.78, 5) is 18.2. The fraction of sp³-hybridized carbons (Fsp3) is 0.0333. The van der Waals surface area contributed by atoms with Crippen LogP contribution >= 0.6 is 50.7 Å². The standard InChI is InChI=1S/C30H17BrCl3N3O3/c31-20-7-5-17(6-8-20)16-39-28-23(33)11-18(12-24(28)34)15-35-37-29(36-25-4-2-1-3-22(25)30(37)38)27-14-19-13-21(32)9-10-26(19)40-27/h1-15H,16H2. The van der Waals surface area contributed by atoms with E-state index in [0.717, 1.165) is 15.4 Å². The summed E-state index contributed by atoms with van der Waals surface area (Å²) in [6.07, 6.45) is 1.48. The molecule has 0 amide bonds. The topological polar surface area (TPSA) is 69.6 Å². The number of rotatable bonds is 6. The van der Waals surface area contributed by atoms with Crippen LogP contribution in [0.4, 0.5) is 0 Å². The van der Waals surface area contributed by atoms with Crippen LogP contribution in [0.25, 0.3) is 33.5 Å². The number of hydrogen-bond acceptors (Lipinski definition) is 5. The van der Waals surface area contributed by atoms with E-state index in [-0.39, 0.29) is 11.4 Å². The fourth-order valence-corrected chi connectivity index (χ4v) is 5.23. The van der Waals surface area contributed by atoms with Gasteiger partial charge in [0.2, 0.25) is 5.82 Å². The minimum Gasteiger partial charge on any atom is -0.486 e. The van der Waals surface area contributed by atoms with Crippen molar-refractivity contribution in [2.45, 2.75) is 6.61 Å². The van der Waals surface area contributed by atoms with E-state index in [1.807, 2.05) is 30.3 Å². The Hall–Kier alpha value is -3.62. The predicted molar refractivity (Wildman–Crippen MR) is 164 cm³/mol. The van der Waals surface area contributed by atoms with E-state index in [1.54, 1.807) is 54.6 Å². The number of fused-ring (bicyclic) bond motifs is 2. The van der Waals surface area contributed by atoms with E-state index < -0.39 is 0 Å². The number of halogens is 4. The van der Waals surface area contributed by atoms with E-state index in [9.17, 15) is 4.79 Å². The molecule has 6 nitrogen and oxygen atoms in total. The van der Waals surface area contributed by atoms with Gasteiger partial charge in [0.25, 0.3) is 5.56 Å². The van der Waals surface area contributed by atoms with Crippen LogP contribution in [0, 0.1) is 0 Å². The third-order valence-electron chi connectivity index (χ3n) is 6.09. The molecule has 6 rings (SSSR count). The molecule has 2 aromatic heterocycles. The van der Waals surface area contributed by atoms with Gasteiger partial charge >= 0.3 is 0 Å². The zero-order valence-electron chi connectivity index (χ0n) is 20.4. The number of nitrogens with zero attached hydrogens (tertiary/aromatic N) is 3. The largest absolute Gasteiger partial charge is 0.486 e. The molecular weight excluding hydrogens is 637 g/mol. The maximum atomic E-state index is 13.5. The number of ether oxygens (including phenoxy) is 1. The minimum atomic E-state index is -0.359. The number of furan rings is 1. The first-order chi connectivity index (χ1) is 19.4. The van der Waals surface area contributed by atoms with Gasteiger partial charge in [-0.15, -0.1) is 0 Å². The van der Waals surface area contributed by atoms with Crippen molar-refractivity contribution >= 4 is 78.8 Å². The van der Waals surface area contributed by atoms with E-state index in [1.165, 1.54) is 10.9 Å². The van der Waals surface area contributed by atoms with Crippen LogP contribution in [0.1, 0.15) is 11.1 Å². The van der Waals surface area contributed by atoms with Gasteiger partial charge in [0.1, 0.15) is 12.2 Å². The maximum Gasteiger partial charge on any atom is 0.282 e. The Morgan fingerprint density at radius 3 is 2.48 bits per heavy atom. The third-order valence-corrected chi connectivity index (χ3v) is 7.42. The van der Waals surface area contributed by atoms with Gasteiger partial charge in [-0.1, -0.05) is 75.0 Å². The molecule has 0 aliphatic heterocycles. The molecule has 4 aromatic carbocycles. The Labute approximate surface area is 251 Å². The third kappa shape index (κ3) is 5.38. The molecule has 10 heteroatoms. The average molecular weight is 654 g/mol. The fourth-order valence-electron chi connectivity index (χ4n) is 4.17. The van der Waals surface area contributed by atoms with Gasteiger partial charge in [0.05, 0.1) is 27.2 Å².